The zero-order chi connectivity index (χ0) is 19.4. The summed E-state index contributed by atoms with van der Waals surface area (Å²) in [4.78, 5) is 19.3. The molecule has 0 radical (unpaired) electrons. The molecular weight excluding hydrogens is 356 g/mol. The Morgan fingerprint density at radius 1 is 0.929 bits per heavy atom. The minimum Gasteiger partial charge on any atom is -0.615 e. The van der Waals surface area contributed by atoms with Gasteiger partial charge in [0.2, 0.25) is 0 Å². The molecule has 0 amide bonds. The number of aromatic nitrogens is 4. The quantitative estimate of drug-likeness (QED) is 0.328. The highest BCUT2D eigenvalue weighted by Crippen LogP contribution is 2.33. The summed E-state index contributed by atoms with van der Waals surface area (Å²) in [5, 5.41) is 25.3. The van der Waals surface area contributed by atoms with Gasteiger partial charge in [-0.05, 0) is 12.1 Å². The second-order valence-electron chi connectivity index (χ2n) is 6.68. The zero-order valence-corrected chi connectivity index (χ0v) is 14.9. The SMILES string of the molecule is Cn1c(-c2c[nH]c3ccccc23)c(O)[n+]([O-])c(-c2c[nH]c3ccccc23)c1=O. The van der Waals surface area contributed by atoms with Crippen molar-refractivity contribution in [2.24, 2.45) is 7.05 Å². The predicted molar refractivity (Wildman–Crippen MR) is 107 cm³/mol. The van der Waals surface area contributed by atoms with Gasteiger partial charge in [-0.25, -0.2) is 0 Å². The fourth-order valence-electron chi connectivity index (χ4n) is 3.76. The summed E-state index contributed by atoms with van der Waals surface area (Å²) >= 11 is 0. The maximum absolute atomic E-state index is 13.1. The lowest BCUT2D eigenvalue weighted by molar-refractivity contribution is -0.602. The van der Waals surface area contributed by atoms with Gasteiger partial charge in [-0.2, -0.15) is 0 Å². The van der Waals surface area contributed by atoms with Crippen molar-refractivity contribution < 1.29 is 9.84 Å². The summed E-state index contributed by atoms with van der Waals surface area (Å²) in [5.74, 6) is -0.521. The van der Waals surface area contributed by atoms with E-state index in [0.717, 1.165) is 21.8 Å². The van der Waals surface area contributed by atoms with Gasteiger partial charge in [0.05, 0.1) is 5.56 Å². The van der Waals surface area contributed by atoms with Gasteiger partial charge in [0.15, 0.2) is 5.69 Å². The molecule has 0 aliphatic carbocycles. The fraction of sp³-hybridized carbons (Fsp3) is 0.0476. The lowest BCUT2D eigenvalue weighted by atomic mass is 10.1. The molecule has 0 spiro atoms. The third-order valence-corrected chi connectivity index (χ3v) is 5.14. The van der Waals surface area contributed by atoms with Gasteiger partial charge in [-0.1, -0.05) is 36.4 Å². The standard InChI is InChI=1S/C21H16N4O3/c1-24-18(14-10-22-16-8-4-2-6-12(14)16)21(27)25(28)19(20(24)26)15-11-23-17-9-5-3-7-13(15)17/h2-11,22-23,27H,1H3. The van der Waals surface area contributed by atoms with E-state index in [1.54, 1.807) is 19.4 Å². The molecule has 3 N–H and O–H groups in total. The van der Waals surface area contributed by atoms with E-state index in [9.17, 15) is 15.1 Å². The lowest BCUT2D eigenvalue weighted by Gasteiger charge is -2.12. The van der Waals surface area contributed by atoms with Crippen molar-refractivity contribution in [3.05, 3.63) is 76.5 Å². The number of fused-ring (bicyclic) bond motifs is 2. The van der Waals surface area contributed by atoms with Crippen LogP contribution in [0.15, 0.2) is 65.7 Å². The molecule has 0 aliphatic heterocycles. The van der Waals surface area contributed by atoms with Gasteiger partial charge in [0.1, 0.15) is 0 Å². The van der Waals surface area contributed by atoms with E-state index < -0.39 is 11.4 Å². The minimum atomic E-state index is -0.521. The molecule has 28 heavy (non-hydrogen) atoms. The average molecular weight is 372 g/mol. The number of hydrogen-bond acceptors (Lipinski definition) is 3. The molecule has 0 unspecified atom stereocenters. The van der Waals surface area contributed by atoms with Gasteiger partial charge in [0, 0.05) is 46.8 Å². The molecule has 2 aromatic carbocycles. The average Bonchev–Trinajstić information content (AvgIpc) is 3.32. The van der Waals surface area contributed by atoms with Crippen molar-refractivity contribution in [3.8, 4) is 28.4 Å². The number of aromatic hydroxyl groups is 1. The topological polar surface area (TPSA) is 101 Å². The summed E-state index contributed by atoms with van der Waals surface area (Å²) in [5.41, 5.74) is 2.25. The third kappa shape index (κ3) is 2.10. The van der Waals surface area contributed by atoms with E-state index in [0.29, 0.717) is 15.9 Å². The number of H-pyrrole nitrogens is 2. The van der Waals surface area contributed by atoms with Crippen molar-refractivity contribution >= 4 is 21.8 Å². The summed E-state index contributed by atoms with van der Waals surface area (Å²) in [6.07, 6.45) is 3.30. The summed E-state index contributed by atoms with van der Waals surface area (Å²) < 4.78 is 1.63. The highest BCUT2D eigenvalue weighted by Gasteiger charge is 2.29. The molecule has 3 aromatic heterocycles. The maximum atomic E-state index is 13.1. The molecule has 0 saturated heterocycles. The Morgan fingerprint density at radius 3 is 2.11 bits per heavy atom. The van der Waals surface area contributed by atoms with E-state index in [1.165, 1.54) is 4.57 Å². The van der Waals surface area contributed by atoms with Crippen LogP contribution >= 0.6 is 0 Å². The van der Waals surface area contributed by atoms with E-state index in [2.05, 4.69) is 9.97 Å². The van der Waals surface area contributed by atoms with Crippen LogP contribution in [0.4, 0.5) is 0 Å². The second-order valence-corrected chi connectivity index (χ2v) is 6.68. The number of benzene rings is 2. The molecule has 7 nitrogen and oxygen atoms in total. The van der Waals surface area contributed by atoms with Crippen LogP contribution in [0.2, 0.25) is 0 Å². The summed E-state index contributed by atoms with van der Waals surface area (Å²) in [6.45, 7) is 0. The minimum absolute atomic E-state index is 0.124. The van der Waals surface area contributed by atoms with Gasteiger partial charge in [-0.15, -0.1) is 4.73 Å². The van der Waals surface area contributed by atoms with E-state index in [1.807, 2.05) is 48.5 Å². The second kappa shape index (κ2) is 5.75. The highest BCUT2D eigenvalue weighted by molar-refractivity contribution is 5.96. The van der Waals surface area contributed by atoms with Gasteiger partial charge in [-0.3, -0.25) is 9.36 Å². The van der Waals surface area contributed by atoms with Crippen molar-refractivity contribution in [1.82, 2.24) is 14.5 Å². The first kappa shape index (κ1) is 16.2. The Balaban J connectivity index is 1.83. The van der Waals surface area contributed by atoms with Crippen LogP contribution < -0.4 is 10.3 Å². The molecule has 5 rings (SSSR count). The first-order chi connectivity index (χ1) is 13.6. The van der Waals surface area contributed by atoms with Crippen molar-refractivity contribution in [1.29, 1.82) is 0 Å². The molecule has 0 bridgehead atoms. The van der Waals surface area contributed by atoms with Crippen LogP contribution in [0.25, 0.3) is 44.3 Å². The van der Waals surface area contributed by atoms with Crippen molar-refractivity contribution in [2.45, 2.75) is 0 Å². The van der Waals surface area contributed by atoms with Crippen molar-refractivity contribution in [3.63, 3.8) is 0 Å². The van der Waals surface area contributed by atoms with Crippen LogP contribution in [-0.4, -0.2) is 19.6 Å². The molecule has 0 aliphatic rings. The number of aromatic amines is 2. The first-order valence-electron chi connectivity index (χ1n) is 8.76. The van der Waals surface area contributed by atoms with Crippen LogP contribution in [-0.2, 0) is 7.05 Å². The Labute approximate surface area is 158 Å². The van der Waals surface area contributed by atoms with E-state index in [-0.39, 0.29) is 11.4 Å². The lowest BCUT2D eigenvalue weighted by Crippen LogP contribution is -2.40. The molecule has 7 heteroatoms. The molecular formula is C21H16N4O3. The monoisotopic (exact) mass is 372 g/mol. The van der Waals surface area contributed by atoms with Crippen LogP contribution in [0.1, 0.15) is 0 Å². The van der Waals surface area contributed by atoms with Gasteiger partial charge >= 0.3 is 11.4 Å². The molecule has 5 aromatic rings. The van der Waals surface area contributed by atoms with Crippen molar-refractivity contribution in [2.75, 3.05) is 0 Å². The summed E-state index contributed by atoms with van der Waals surface area (Å²) in [6, 6.07) is 14.9. The van der Waals surface area contributed by atoms with Gasteiger partial charge < -0.3 is 20.3 Å². The number of para-hydroxylation sites is 2. The normalized spacial score (nSPS) is 11.5. The summed E-state index contributed by atoms with van der Waals surface area (Å²) in [7, 11) is 1.55. The molecule has 138 valence electrons. The molecule has 3 heterocycles. The fourth-order valence-corrected chi connectivity index (χ4v) is 3.76. The van der Waals surface area contributed by atoms with Crippen LogP contribution in [0, 0.1) is 5.21 Å². The number of nitrogens with one attached hydrogen (secondary N) is 2. The third-order valence-electron chi connectivity index (χ3n) is 5.14. The first-order valence-corrected chi connectivity index (χ1v) is 8.76. The van der Waals surface area contributed by atoms with E-state index in [4.69, 9.17) is 0 Å². The van der Waals surface area contributed by atoms with Crippen LogP contribution in [0.3, 0.4) is 0 Å². The smallest absolute Gasteiger partial charge is 0.403 e. The Kier molecular flexibility index (Phi) is 3.33. The number of hydrogen-bond donors (Lipinski definition) is 3. The molecule has 0 atom stereocenters. The number of rotatable bonds is 2. The Bertz CT molecular complexity index is 1430. The Morgan fingerprint density at radius 2 is 1.46 bits per heavy atom. The highest BCUT2D eigenvalue weighted by atomic mass is 16.5. The molecule has 0 saturated carbocycles. The predicted octanol–water partition coefficient (Wildman–Crippen LogP) is 3.02. The maximum Gasteiger partial charge on any atom is 0.403 e. The number of nitrogens with zero attached hydrogens (tertiary/aromatic N) is 2. The largest absolute Gasteiger partial charge is 0.615 e. The molecule has 0 fully saturated rings. The zero-order valence-electron chi connectivity index (χ0n) is 14.9. The van der Waals surface area contributed by atoms with Gasteiger partial charge in [0.25, 0.3) is 5.69 Å². The van der Waals surface area contributed by atoms with Crippen LogP contribution in [0.5, 0.6) is 5.88 Å². The van der Waals surface area contributed by atoms with E-state index >= 15 is 0 Å². The Hall–Kier alpha value is -4.00.